The maximum atomic E-state index is 6.77. The normalized spacial score (nSPS) is 8.90. The number of hydrogen-bond acceptors (Lipinski definition) is 0. The van der Waals surface area contributed by atoms with Crippen molar-refractivity contribution in [3.8, 4) is 0 Å². The zero-order chi connectivity index (χ0) is 7.56. The van der Waals surface area contributed by atoms with Gasteiger partial charge in [0.05, 0.1) is 6.57 Å². The lowest BCUT2D eigenvalue weighted by atomic mass is 10.3. The third-order valence-corrected chi connectivity index (χ3v) is 3.53. The first-order chi connectivity index (χ1) is 4.75. The van der Waals surface area contributed by atoms with E-state index in [-0.39, 0.29) is 0 Å². The lowest BCUT2D eigenvalue weighted by Gasteiger charge is -1.95. The van der Waals surface area contributed by atoms with Crippen LogP contribution in [0.15, 0.2) is 22.7 Å². The third kappa shape index (κ3) is 1.50. The van der Waals surface area contributed by atoms with Crippen molar-refractivity contribution >= 4 is 44.2 Å². The first-order valence-electron chi connectivity index (χ1n) is 2.57. The van der Waals surface area contributed by atoms with Gasteiger partial charge in [0.1, 0.15) is 0 Å². The van der Waals surface area contributed by atoms with Crippen molar-refractivity contribution in [1.82, 2.24) is 0 Å². The molecule has 0 radical (unpaired) electrons. The van der Waals surface area contributed by atoms with Gasteiger partial charge in [-0.2, -0.15) is 0 Å². The Morgan fingerprint density at radius 3 is 2.70 bits per heavy atom. The van der Waals surface area contributed by atoms with Gasteiger partial charge in [-0.15, -0.1) is 0 Å². The van der Waals surface area contributed by atoms with E-state index in [9.17, 15) is 0 Å². The summed E-state index contributed by atoms with van der Waals surface area (Å²) in [5.41, 5.74) is 0.673. The van der Waals surface area contributed by atoms with Crippen molar-refractivity contribution < 1.29 is 0 Å². The van der Waals surface area contributed by atoms with Crippen molar-refractivity contribution in [2.45, 2.75) is 0 Å². The Labute approximate surface area is 81.5 Å². The summed E-state index contributed by atoms with van der Waals surface area (Å²) in [5.74, 6) is 0. The van der Waals surface area contributed by atoms with Gasteiger partial charge in [-0.25, -0.2) is 4.85 Å². The van der Waals surface area contributed by atoms with E-state index < -0.39 is 0 Å². The molecule has 50 valence electrons. The molecule has 1 aromatic rings. The molecule has 0 heterocycles. The van der Waals surface area contributed by atoms with E-state index in [1.807, 2.05) is 12.1 Å². The van der Waals surface area contributed by atoms with E-state index in [4.69, 9.17) is 6.57 Å². The fourth-order valence-electron chi connectivity index (χ4n) is 0.579. The Morgan fingerprint density at radius 1 is 1.50 bits per heavy atom. The summed E-state index contributed by atoms with van der Waals surface area (Å²) < 4.78 is 1.97. The minimum absolute atomic E-state index is 0.673. The van der Waals surface area contributed by atoms with Crippen LogP contribution in [0.4, 0.5) is 5.69 Å². The largest absolute Gasteiger partial charge is 0.237 e. The molecular weight excluding hydrogens is 305 g/mol. The van der Waals surface area contributed by atoms with Gasteiger partial charge in [0.25, 0.3) is 0 Å². The summed E-state index contributed by atoms with van der Waals surface area (Å²) in [5, 5.41) is 0. The molecule has 0 amide bonds. The highest BCUT2D eigenvalue weighted by Crippen LogP contribution is 2.29. The van der Waals surface area contributed by atoms with Crippen molar-refractivity contribution in [3.63, 3.8) is 0 Å². The summed E-state index contributed by atoms with van der Waals surface area (Å²) in [6.45, 7) is 6.77. The van der Waals surface area contributed by atoms with E-state index in [0.717, 1.165) is 8.04 Å². The number of hydrogen-bond donors (Lipinski definition) is 0. The molecule has 1 nitrogen and oxygen atoms in total. The molecule has 0 saturated carbocycles. The average molecular weight is 308 g/mol. The molecule has 10 heavy (non-hydrogen) atoms. The third-order valence-electron chi connectivity index (χ3n) is 1.05. The Bertz CT molecular complexity index is 290. The second-order valence-electron chi connectivity index (χ2n) is 1.68. The van der Waals surface area contributed by atoms with Crippen LogP contribution >= 0.6 is 38.5 Å². The second kappa shape index (κ2) is 3.35. The summed E-state index contributed by atoms with van der Waals surface area (Å²) in [7, 11) is 0. The van der Waals surface area contributed by atoms with Gasteiger partial charge in [-0.05, 0) is 22.6 Å². The molecule has 0 fully saturated rings. The van der Waals surface area contributed by atoms with Crippen LogP contribution in [-0.2, 0) is 0 Å². The van der Waals surface area contributed by atoms with Gasteiger partial charge >= 0.3 is 0 Å². The molecule has 0 N–H and O–H groups in total. The summed E-state index contributed by atoms with van der Waals surface area (Å²) >= 11 is 5.50. The van der Waals surface area contributed by atoms with E-state index in [2.05, 4.69) is 43.4 Å². The van der Waals surface area contributed by atoms with Crippen LogP contribution in [0.2, 0.25) is 0 Å². The quantitative estimate of drug-likeness (QED) is 0.509. The van der Waals surface area contributed by atoms with E-state index >= 15 is 0 Å². The molecule has 1 rings (SSSR count). The molecule has 0 spiro atoms. The van der Waals surface area contributed by atoms with E-state index in [0.29, 0.717) is 5.69 Å². The van der Waals surface area contributed by atoms with Crippen LogP contribution in [0.5, 0.6) is 0 Å². The zero-order valence-electron chi connectivity index (χ0n) is 4.94. The zero-order valence-corrected chi connectivity index (χ0v) is 8.68. The van der Waals surface area contributed by atoms with Crippen molar-refractivity contribution in [2.24, 2.45) is 0 Å². The van der Waals surface area contributed by atoms with Gasteiger partial charge < -0.3 is 0 Å². The maximum absolute atomic E-state index is 6.77. The predicted molar refractivity (Wildman–Crippen MR) is 53.1 cm³/mol. The second-order valence-corrected chi connectivity index (χ2v) is 3.64. The average Bonchev–Trinajstić information content (AvgIpc) is 1.95. The molecule has 0 atom stereocenters. The first kappa shape index (κ1) is 8.02. The topological polar surface area (TPSA) is 4.36 Å². The Balaban J connectivity index is 3.31. The molecule has 0 aromatic heterocycles. The Morgan fingerprint density at radius 2 is 2.20 bits per heavy atom. The summed E-state index contributed by atoms with van der Waals surface area (Å²) in [6, 6.07) is 5.62. The van der Waals surface area contributed by atoms with Crippen LogP contribution < -0.4 is 0 Å². The van der Waals surface area contributed by atoms with Crippen molar-refractivity contribution in [2.75, 3.05) is 0 Å². The van der Waals surface area contributed by atoms with Crippen LogP contribution in [0.1, 0.15) is 0 Å². The van der Waals surface area contributed by atoms with Gasteiger partial charge in [0, 0.05) is 8.04 Å². The number of benzene rings is 1. The van der Waals surface area contributed by atoms with Crippen LogP contribution in [0.25, 0.3) is 4.85 Å². The molecule has 0 saturated heterocycles. The highest BCUT2D eigenvalue weighted by atomic mass is 127. The molecule has 0 aliphatic heterocycles. The van der Waals surface area contributed by atoms with Crippen molar-refractivity contribution in [1.29, 1.82) is 0 Å². The SMILES string of the molecule is [C-]#[N+]c1cccc(I)c1Br. The van der Waals surface area contributed by atoms with Gasteiger partial charge in [0.15, 0.2) is 0 Å². The van der Waals surface area contributed by atoms with Gasteiger partial charge in [-0.3, -0.25) is 0 Å². The van der Waals surface area contributed by atoms with Gasteiger partial charge in [-0.1, -0.05) is 34.1 Å². The molecule has 0 unspecified atom stereocenters. The smallest absolute Gasteiger partial charge is 0.202 e. The van der Waals surface area contributed by atoms with Crippen LogP contribution in [0.3, 0.4) is 0 Å². The van der Waals surface area contributed by atoms with Crippen LogP contribution in [-0.4, -0.2) is 0 Å². The minimum Gasteiger partial charge on any atom is -0.237 e. The Kier molecular flexibility index (Phi) is 2.69. The van der Waals surface area contributed by atoms with Crippen molar-refractivity contribution in [3.05, 3.63) is 37.7 Å². The highest BCUT2D eigenvalue weighted by Gasteiger charge is 2.00. The Hall–Kier alpha value is -0.0800. The molecule has 3 heteroatoms. The first-order valence-corrected chi connectivity index (χ1v) is 4.44. The fraction of sp³-hybridized carbons (Fsp3) is 0. The minimum atomic E-state index is 0.673. The number of halogens is 2. The lowest BCUT2D eigenvalue weighted by molar-refractivity contribution is 1.60. The fourth-order valence-corrected chi connectivity index (χ4v) is 1.42. The van der Waals surface area contributed by atoms with E-state index in [1.54, 1.807) is 6.07 Å². The highest BCUT2D eigenvalue weighted by molar-refractivity contribution is 14.1. The summed E-state index contributed by atoms with van der Waals surface area (Å²) in [4.78, 5) is 3.33. The number of nitrogens with zero attached hydrogens (tertiary/aromatic N) is 1. The molecular formula is C7H3BrIN. The lowest BCUT2D eigenvalue weighted by Crippen LogP contribution is -1.71. The maximum Gasteiger partial charge on any atom is 0.202 e. The van der Waals surface area contributed by atoms with Crippen LogP contribution in [0, 0.1) is 10.1 Å². The van der Waals surface area contributed by atoms with E-state index in [1.165, 1.54) is 0 Å². The molecule has 0 bridgehead atoms. The predicted octanol–water partition coefficient (Wildman–Crippen LogP) is 3.60. The molecule has 0 aliphatic rings. The van der Waals surface area contributed by atoms with Gasteiger partial charge in [0.2, 0.25) is 5.69 Å². The summed E-state index contributed by atoms with van der Waals surface area (Å²) in [6.07, 6.45) is 0. The number of rotatable bonds is 0. The monoisotopic (exact) mass is 307 g/mol. The standard InChI is InChI=1S/C7H3BrIN/c1-10-6-4-2-3-5(9)7(6)8/h2-4H. The molecule has 1 aromatic carbocycles. The molecule has 0 aliphatic carbocycles.